The van der Waals surface area contributed by atoms with Gasteiger partial charge in [-0.25, -0.2) is 4.39 Å². The van der Waals surface area contributed by atoms with Crippen LogP contribution in [0.5, 0.6) is 0 Å². The first-order chi connectivity index (χ1) is 10.8. The van der Waals surface area contributed by atoms with Crippen LogP contribution in [0.3, 0.4) is 0 Å². The molecule has 2 aromatic heterocycles. The van der Waals surface area contributed by atoms with Gasteiger partial charge in [-0.15, -0.1) is 0 Å². The van der Waals surface area contributed by atoms with Crippen molar-refractivity contribution in [3.05, 3.63) is 85.1 Å². The first kappa shape index (κ1) is 12.8. The minimum absolute atomic E-state index is 0.230. The molecule has 0 unspecified atom stereocenters. The third-order valence-electron chi connectivity index (χ3n) is 3.77. The zero-order chi connectivity index (χ0) is 14.9. The molecule has 0 aliphatic heterocycles. The Morgan fingerprint density at radius 1 is 0.864 bits per heavy atom. The topological polar surface area (TPSA) is 17.8 Å². The van der Waals surface area contributed by atoms with Crippen LogP contribution in [0.2, 0.25) is 0 Å². The summed E-state index contributed by atoms with van der Waals surface area (Å²) in [4.78, 5) is 4.16. The maximum atomic E-state index is 13.4. The van der Waals surface area contributed by atoms with Gasteiger partial charge in [-0.1, -0.05) is 18.2 Å². The summed E-state index contributed by atoms with van der Waals surface area (Å²) in [5, 5.41) is 1.12. The summed E-state index contributed by atoms with van der Waals surface area (Å²) < 4.78 is 15.4. The second-order valence-corrected chi connectivity index (χ2v) is 5.18. The van der Waals surface area contributed by atoms with Crippen LogP contribution in [0.4, 0.5) is 4.39 Å². The van der Waals surface area contributed by atoms with Crippen LogP contribution in [0.1, 0.15) is 0 Å². The molecule has 2 nitrogen and oxygen atoms in total. The smallest absolute Gasteiger partial charge is 0.125 e. The molecule has 0 N–H and O–H groups in total. The number of rotatable bonds is 2. The highest BCUT2D eigenvalue weighted by Crippen LogP contribution is 2.26. The molecule has 0 aliphatic rings. The number of hydrogen-bond donors (Lipinski definition) is 0. The van der Waals surface area contributed by atoms with Crippen molar-refractivity contribution in [3.63, 3.8) is 0 Å². The lowest BCUT2D eigenvalue weighted by Gasteiger charge is -2.07. The molecule has 0 radical (unpaired) electrons. The molecule has 0 spiro atoms. The van der Waals surface area contributed by atoms with Crippen LogP contribution < -0.4 is 0 Å². The van der Waals surface area contributed by atoms with E-state index in [1.165, 1.54) is 12.1 Å². The molecular weight excluding hydrogens is 275 g/mol. The second-order valence-electron chi connectivity index (χ2n) is 5.18. The average molecular weight is 288 g/mol. The highest BCUT2D eigenvalue weighted by atomic mass is 19.1. The molecule has 22 heavy (non-hydrogen) atoms. The van der Waals surface area contributed by atoms with E-state index >= 15 is 0 Å². The van der Waals surface area contributed by atoms with E-state index in [4.69, 9.17) is 0 Å². The fourth-order valence-corrected chi connectivity index (χ4v) is 2.71. The largest absolute Gasteiger partial charge is 0.316 e. The van der Waals surface area contributed by atoms with Gasteiger partial charge in [0, 0.05) is 35.2 Å². The van der Waals surface area contributed by atoms with E-state index in [0.717, 1.165) is 27.7 Å². The molecule has 106 valence electrons. The Labute approximate surface area is 127 Å². The molecule has 0 atom stereocenters. The Bertz CT molecular complexity index is 942. The van der Waals surface area contributed by atoms with Crippen molar-refractivity contribution < 1.29 is 4.39 Å². The van der Waals surface area contributed by atoms with Crippen molar-refractivity contribution in [2.24, 2.45) is 0 Å². The van der Waals surface area contributed by atoms with Gasteiger partial charge in [0.05, 0.1) is 5.52 Å². The van der Waals surface area contributed by atoms with E-state index in [1.807, 2.05) is 41.2 Å². The SMILES string of the molecule is Fc1cccc(-n2ccc3cc(-c4cccnc4)ccc32)c1. The number of nitrogens with zero attached hydrogens (tertiary/aromatic N) is 2. The molecule has 3 heteroatoms. The normalized spacial score (nSPS) is 11.0. The monoisotopic (exact) mass is 288 g/mol. The van der Waals surface area contributed by atoms with E-state index in [9.17, 15) is 4.39 Å². The predicted molar refractivity (Wildman–Crippen MR) is 86.5 cm³/mol. The van der Waals surface area contributed by atoms with Crippen LogP contribution in [0.25, 0.3) is 27.7 Å². The minimum Gasteiger partial charge on any atom is -0.316 e. The Balaban J connectivity index is 1.84. The van der Waals surface area contributed by atoms with Crippen LogP contribution in [0, 0.1) is 5.82 Å². The second kappa shape index (κ2) is 5.11. The number of halogens is 1. The summed E-state index contributed by atoms with van der Waals surface area (Å²) in [7, 11) is 0. The molecule has 4 aromatic rings. The van der Waals surface area contributed by atoms with Crippen molar-refractivity contribution >= 4 is 10.9 Å². The lowest BCUT2D eigenvalue weighted by Crippen LogP contribution is -1.92. The molecule has 0 saturated heterocycles. The standard InChI is InChI=1S/C19H13FN2/c20-17-4-1-5-18(12-17)22-10-8-15-11-14(6-7-19(15)22)16-3-2-9-21-13-16/h1-13H. The van der Waals surface area contributed by atoms with Gasteiger partial charge in [0.1, 0.15) is 5.82 Å². The van der Waals surface area contributed by atoms with E-state index in [2.05, 4.69) is 23.2 Å². The highest BCUT2D eigenvalue weighted by Gasteiger charge is 2.06. The summed E-state index contributed by atoms with van der Waals surface area (Å²) in [6.45, 7) is 0. The van der Waals surface area contributed by atoms with E-state index < -0.39 is 0 Å². The molecule has 2 heterocycles. The molecule has 4 rings (SSSR count). The average Bonchev–Trinajstić information content (AvgIpc) is 2.99. The highest BCUT2D eigenvalue weighted by molar-refractivity contribution is 5.86. The molecule has 0 amide bonds. The van der Waals surface area contributed by atoms with Crippen molar-refractivity contribution in [2.45, 2.75) is 0 Å². The van der Waals surface area contributed by atoms with Crippen molar-refractivity contribution in [3.8, 4) is 16.8 Å². The number of pyridine rings is 1. The molecule has 0 saturated carbocycles. The third-order valence-corrected chi connectivity index (χ3v) is 3.77. The van der Waals surface area contributed by atoms with Crippen molar-refractivity contribution in [2.75, 3.05) is 0 Å². The van der Waals surface area contributed by atoms with Crippen LogP contribution in [0.15, 0.2) is 79.3 Å². The molecular formula is C19H13FN2. The fourth-order valence-electron chi connectivity index (χ4n) is 2.71. The van der Waals surface area contributed by atoms with Gasteiger partial charge >= 0.3 is 0 Å². The van der Waals surface area contributed by atoms with Crippen molar-refractivity contribution in [1.82, 2.24) is 9.55 Å². The van der Waals surface area contributed by atoms with Gasteiger partial charge in [0.15, 0.2) is 0 Å². The third kappa shape index (κ3) is 2.17. The summed E-state index contributed by atoms with van der Waals surface area (Å²) in [5.41, 5.74) is 4.09. The summed E-state index contributed by atoms with van der Waals surface area (Å²) >= 11 is 0. The number of hydrogen-bond acceptors (Lipinski definition) is 1. The van der Waals surface area contributed by atoms with Crippen molar-refractivity contribution in [1.29, 1.82) is 0 Å². The summed E-state index contributed by atoms with van der Waals surface area (Å²) in [6, 6.07) is 18.9. The van der Waals surface area contributed by atoms with Crippen LogP contribution in [-0.4, -0.2) is 9.55 Å². The van der Waals surface area contributed by atoms with Gasteiger partial charge in [0.2, 0.25) is 0 Å². The Hall–Kier alpha value is -2.94. The fraction of sp³-hybridized carbons (Fsp3) is 0. The zero-order valence-corrected chi connectivity index (χ0v) is 11.8. The first-order valence-electron chi connectivity index (χ1n) is 7.09. The van der Waals surface area contributed by atoms with Gasteiger partial charge in [-0.3, -0.25) is 4.98 Å². The summed E-state index contributed by atoms with van der Waals surface area (Å²) in [6.07, 6.45) is 5.58. The Morgan fingerprint density at radius 3 is 2.64 bits per heavy atom. The Kier molecular flexibility index (Phi) is 2.97. The van der Waals surface area contributed by atoms with Gasteiger partial charge in [0.25, 0.3) is 0 Å². The lowest BCUT2D eigenvalue weighted by atomic mass is 10.1. The van der Waals surface area contributed by atoms with E-state index in [0.29, 0.717) is 0 Å². The van der Waals surface area contributed by atoms with Gasteiger partial charge in [-0.2, -0.15) is 0 Å². The summed E-state index contributed by atoms with van der Waals surface area (Å²) in [5.74, 6) is -0.230. The Morgan fingerprint density at radius 2 is 1.82 bits per heavy atom. The maximum absolute atomic E-state index is 13.4. The molecule has 0 bridgehead atoms. The zero-order valence-electron chi connectivity index (χ0n) is 11.8. The van der Waals surface area contributed by atoms with Crippen LogP contribution in [-0.2, 0) is 0 Å². The lowest BCUT2D eigenvalue weighted by molar-refractivity contribution is 0.627. The molecule has 2 aromatic carbocycles. The quantitative estimate of drug-likeness (QED) is 0.516. The van der Waals surface area contributed by atoms with Crippen LogP contribution >= 0.6 is 0 Å². The first-order valence-corrected chi connectivity index (χ1v) is 7.09. The van der Waals surface area contributed by atoms with E-state index in [-0.39, 0.29) is 5.82 Å². The number of fused-ring (bicyclic) bond motifs is 1. The van der Waals surface area contributed by atoms with E-state index in [1.54, 1.807) is 12.3 Å². The maximum Gasteiger partial charge on any atom is 0.125 e. The predicted octanol–water partition coefficient (Wildman–Crippen LogP) is 4.83. The van der Waals surface area contributed by atoms with Gasteiger partial charge < -0.3 is 4.57 Å². The minimum atomic E-state index is -0.230. The molecule has 0 aliphatic carbocycles. The van der Waals surface area contributed by atoms with Gasteiger partial charge in [-0.05, 0) is 48.0 Å². The number of aromatic nitrogens is 2. The molecule has 0 fully saturated rings. The number of benzene rings is 2.